The monoisotopic (exact) mass is 272 g/mol. The minimum atomic E-state index is -0.349. The number of hydrogen-bond donors (Lipinski definition) is 3. The van der Waals surface area contributed by atoms with Crippen molar-refractivity contribution in [2.75, 3.05) is 26.8 Å². The van der Waals surface area contributed by atoms with Gasteiger partial charge in [0.1, 0.15) is 6.10 Å². The molecular formula is C12H17ClN2O3. The molecule has 0 spiro atoms. The molecule has 0 aromatic heterocycles. The van der Waals surface area contributed by atoms with Crippen LogP contribution in [0.25, 0.3) is 0 Å². The van der Waals surface area contributed by atoms with Crippen LogP contribution in [0.2, 0.25) is 5.02 Å². The molecule has 100 valence electrons. The number of carbonyl (C=O) groups excluding carboxylic acids is 1. The smallest absolute Gasteiger partial charge is 0.314 e. The molecule has 0 aliphatic carbocycles. The Morgan fingerprint density at radius 3 is 2.78 bits per heavy atom. The normalized spacial score (nSPS) is 11.9. The number of ether oxygens (including phenoxy) is 1. The third-order valence-corrected chi connectivity index (χ3v) is 2.73. The van der Waals surface area contributed by atoms with E-state index in [0.29, 0.717) is 11.6 Å². The molecule has 1 atom stereocenters. The van der Waals surface area contributed by atoms with Crippen molar-refractivity contribution in [2.45, 2.75) is 6.10 Å². The molecule has 5 nitrogen and oxygen atoms in total. The third kappa shape index (κ3) is 4.52. The maximum Gasteiger partial charge on any atom is 0.314 e. The van der Waals surface area contributed by atoms with E-state index in [9.17, 15) is 4.79 Å². The Kier molecular flexibility index (Phi) is 6.49. The molecule has 1 aromatic carbocycles. The van der Waals surface area contributed by atoms with E-state index in [0.717, 1.165) is 5.56 Å². The summed E-state index contributed by atoms with van der Waals surface area (Å²) in [4.78, 5) is 11.3. The Bertz CT molecular complexity index is 387. The maximum absolute atomic E-state index is 11.3. The van der Waals surface area contributed by atoms with Crippen molar-refractivity contribution in [3.63, 3.8) is 0 Å². The molecule has 0 fully saturated rings. The number of methoxy groups -OCH3 is 1. The molecule has 3 N–H and O–H groups in total. The summed E-state index contributed by atoms with van der Waals surface area (Å²) in [5.41, 5.74) is 0.823. The van der Waals surface area contributed by atoms with Crippen LogP contribution >= 0.6 is 11.6 Å². The summed E-state index contributed by atoms with van der Waals surface area (Å²) in [6, 6.07) is 6.97. The lowest BCUT2D eigenvalue weighted by atomic mass is 10.1. The number of benzene rings is 1. The van der Waals surface area contributed by atoms with Gasteiger partial charge in [-0.1, -0.05) is 29.8 Å². The first-order valence-electron chi connectivity index (χ1n) is 5.58. The van der Waals surface area contributed by atoms with Crippen molar-refractivity contribution in [1.82, 2.24) is 10.6 Å². The van der Waals surface area contributed by atoms with Crippen molar-refractivity contribution in [1.29, 1.82) is 0 Å². The van der Waals surface area contributed by atoms with Crippen molar-refractivity contribution in [2.24, 2.45) is 0 Å². The molecule has 6 heteroatoms. The summed E-state index contributed by atoms with van der Waals surface area (Å²) in [7, 11) is 1.56. The van der Waals surface area contributed by atoms with Gasteiger partial charge in [-0.15, -0.1) is 0 Å². The van der Waals surface area contributed by atoms with Gasteiger partial charge in [-0.05, 0) is 6.07 Å². The average molecular weight is 273 g/mol. The minimum absolute atomic E-state index is 0.0916. The largest absolute Gasteiger partial charge is 0.395 e. The molecule has 2 amide bonds. The van der Waals surface area contributed by atoms with Crippen LogP contribution < -0.4 is 10.6 Å². The zero-order valence-corrected chi connectivity index (χ0v) is 10.9. The Balaban J connectivity index is 2.53. The van der Waals surface area contributed by atoms with E-state index in [-0.39, 0.29) is 25.3 Å². The van der Waals surface area contributed by atoms with E-state index >= 15 is 0 Å². The van der Waals surface area contributed by atoms with E-state index in [1.807, 2.05) is 18.2 Å². The van der Waals surface area contributed by atoms with E-state index in [1.165, 1.54) is 0 Å². The standard InChI is InChI=1S/C12H17ClN2O3/c1-18-11(8-15-12(17)14-6-7-16)9-4-2-3-5-10(9)13/h2-5,11,16H,6-8H2,1H3,(H2,14,15,17). The number of aliphatic hydroxyl groups excluding tert-OH is 1. The van der Waals surface area contributed by atoms with E-state index < -0.39 is 0 Å². The number of rotatable bonds is 6. The van der Waals surface area contributed by atoms with Crippen LogP contribution in [-0.4, -0.2) is 37.9 Å². The second-order valence-electron chi connectivity index (χ2n) is 3.61. The zero-order valence-electron chi connectivity index (χ0n) is 10.1. The van der Waals surface area contributed by atoms with E-state index in [1.54, 1.807) is 13.2 Å². The van der Waals surface area contributed by atoms with Crippen LogP contribution in [0, 0.1) is 0 Å². The predicted octanol–water partition coefficient (Wildman–Crippen LogP) is 1.32. The summed E-state index contributed by atoms with van der Waals surface area (Å²) < 4.78 is 5.30. The van der Waals surface area contributed by atoms with Crippen LogP contribution in [0.3, 0.4) is 0 Å². The molecule has 0 radical (unpaired) electrons. The highest BCUT2D eigenvalue weighted by Crippen LogP contribution is 2.24. The van der Waals surface area contributed by atoms with Gasteiger partial charge in [0.2, 0.25) is 0 Å². The number of carbonyl (C=O) groups is 1. The fourth-order valence-corrected chi connectivity index (χ4v) is 1.73. The molecule has 18 heavy (non-hydrogen) atoms. The lowest BCUT2D eigenvalue weighted by Gasteiger charge is -2.17. The van der Waals surface area contributed by atoms with Crippen molar-refractivity contribution < 1.29 is 14.6 Å². The molecule has 0 saturated heterocycles. The van der Waals surface area contributed by atoms with Crippen LogP contribution in [0.4, 0.5) is 4.79 Å². The first kappa shape index (κ1) is 14.8. The van der Waals surface area contributed by atoms with Crippen LogP contribution in [0.5, 0.6) is 0 Å². The summed E-state index contributed by atoms with van der Waals surface area (Å²) in [5.74, 6) is 0. The summed E-state index contributed by atoms with van der Waals surface area (Å²) in [6.45, 7) is 0.429. The van der Waals surface area contributed by atoms with Gasteiger partial charge < -0.3 is 20.5 Å². The first-order valence-corrected chi connectivity index (χ1v) is 5.96. The third-order valence-electron chi connectivity index (χ3n) is 2.38. The summed E-state index contributed by atoms with van der Waals surface area (Å²) >= 11 is 6.06. The topological polar surface area (TPSA) is 70.6 Å². The van der Waals surface area contributed by atoms with Gasteiger partial charge in [0.25, 0.3) is 0 Å². The van der Waals surface area contributed by atoms with Gasteiger partial charge in [-0.25, -0.2) is 4.79 Å². The highest BCUT2D eigenvalue weighted by molar-refractivity contribution is 6.31. The number of urea groups is 1. The predicted molar refractivity (Wildman–Crippen MR) is 69.7 cm³/mol. The van der Waals surface area contributed by atoms with Crippen molar-refractivity contribution in [3.8, 4) is 0 Å². The van der Waals surface area contributed by atoms with Gasteiger partial charge in [0.05, 0.1) is 6.61 Å². The number of aliphatic hydroxyl groups is 1. The quantitative estimate of drug-likeness (QED) is 0.731. The molecule has 1 unspecified atom stereocenters. The highest BCUT2D eigenvalue weighted by Gasteiger charge is 2.14. The van der Waals surface area contributed by atoms with Crippen LogP contribution in [0.15, 0.2) is 24.3 Å². The molecule has 0 bridgehead atoms. The minimum Gasteiger partial charge on any atom is -0.395 e. The highest BCUT2D eigenvalue weighted by atomic mass is 35.5. The first-order chi connectivity index (χ1) is 8.69. The molecule has 0 aliphatic rings. The lowest BCUT2D eigenvalue weighted by Crippen LogP contribution is -2.39. The molecule has 1 aromatic rings. The molecular weight excluding hydrogens is 256 g/mol. The van der Waals surface area contributed by atoms with Gasteiger partial charge in [0.15, 0.2) is 0 Å². The second-order valence-corrected chi connectivity index (χ2v) is 4.01. The Labute approximate surface area is 111 Å². The number of nitrogens with one attached hydrogen (secondary N) is 2. The van der Waals surface area contributed by atoms with Crippen molar-refractivity contribution >= 4 is 17.6 Å². The number of halogens is 1. The van der Waals surface area contributed by atoms with Gasteiger partial charge in [0, 0.05) is 30.8 Å². The molecule has 0 saturated carbocycles. The van der Waals surface area contributed by atoms with E-state index in [2.05, 4.69) is 10.6 Å². The fourth-order valence-electron chi connectivity index (χ4n) is 1.47. The molecule has 0 aliphatic heterocycles. The summed E-state index contributed by atoms with van der Waals surface area (Å²) in [6.07, 6.45) is -0.307. The van der Waals surface area contributed by atoms with Gasteiger partial charge in [-0.2, -0.15) is 0 Å². The molecule has 1 rings (SSSR count). The van der Waals surface area contributed by atoms with Crippen molar-refractivity contribution in [3.05, 3.63) is 34.9 Å². The average Bonchev–Trinajstić information content (AvgIpc) is 2.39. The summed E-state index contributed by atoms with van der Waals surface area (Å²) in [5, 5.41) is 14.3. The Morgan fingerprint density at radius 2 is 2.17 bits per heavy atom. The SMILES string of the molecule is COC(CNC(=O)NCCO)c1ccccc1Cl. The van der Waals surface area contributed by atoms with Gasteiger partial charge in [-0.3, -0.25) is 0 Å². The Hall–Kier alpha value is -1.30. The fraction of sp³-hybridized carbons (Fsp3) is 0.417. The number of hydrogen-bond acceptors (Lipinski definition) is 3. The molecule has 0 heterocycles. The second kappa shape index (κ2) is 7.92. The van der Waals surface area contributed by atoms with Crippen LogP contribution in [-0.2, 0) is 4.74 Å². The zero-order chi connectivity index (χ0) is 13.4. The van der Waals surface area contributed by atoms with Crippen LogP contribution in [0.1, 0.15) is 11.7 Å². The Morgan fingerprint density at radius 1 is 1.44 bits per heavy atom. The van der Waals surface area contributed by atoms with Gasteiger partial charge >= 0.3 is 6.03 Å². The maximum atomic E-state index is 11.3. The lowest BCUT2D eigenvalue weighted by molar-refractivity contribution is 0.104. The van der Waals surface area contributed by atoms with E-state index in [4.69, 9.17) is 21.4 Å². The number of amides is 2.